The van der Waals surface area contributed by atoms with Crippen molar-refractivity contribution in [1.29, 1.82) is 0 Å². The molecule has 2 heteroatoms. The fourth-order valence-electron chi connectivity index (χ4n) is 2.06. The third kappa shape index (κ3) is 2.17. The molecule has 1 fully saturated rings. The van der Waals surface area contributed by atoms with Crippen molar-refractivity contribution in [3.63, 3.8) is 0 Å². The van der Waals surface area contributed by atoms with Crippen LogP contribution in [-0.4, -0.2) is 30.1 Å². The Bertz CT molecular complexity index is 110. The highest BCUT2D eigenvalue weighted by Crippen LogP contribution is 2.22. The first-order valence-corrected chi connectivity index (χ1v) is 4.77. The number of hydrogen-bond donors (Lipinski definition) is 1. The van der Waals surface area contributed by atoms with Crippen LogP contribution in [0.4, 0.5) is 0 Å². The van der Waals surface area contributed by atoms with Gasteiger partial charge >= 0.3 is 0 Å². The molecule has 1 saturated carbocycles. The molecule has 1 rings (SSSR count). The standard InChI is InChI=1S/C9H20N2/c1-3-11(4-2)9-6-5-8(10)7-9/h8-9H,3-7,10H2,1-2H3/t8-,9+/m0/s1. The molecular formula is C9H20N2. The molecule has 0 spiro atoms. The number of hydrogen-bond acceptors (Lipinski definition) is 2. The summed E-state index contributed by atoms with van der Waals surface area (Å²) in [5.74, 6) is 0. The summed E-state index contributed by atoms with van der Waals surface area (Å²) in [5.41, 5.74) is 5.85. The van der Waals surface area contributed by atoms with Gasteiger partial charge in [0.15, 0.2) is 0 Å². The molecule has 0 aromatic carbocycles. The third-order valence-corrected chi connectivity index (χ3v) is 2.77. The van der Waals surface area contributed by atoms with Gasteiger partial charge in [0.05, 0.1) is 0 Å². The minimum absolute atomic E-state index is 0.473. The summed E-state index contributed by atoms with van der Waals surface area (Å²) < 4.78 is 0. The fraction of sp³-hybridized carbons (Fsp3) is 1.00. The van der Waals surface area contributed by atoms with Crippen molar-refractivity contribution in [2.75, 3.05) is 13.1 Å². The molecule has 0 amide bonds. The van der Waals surface area contributed by atoms with Crippen LogP contribution in [0, 0.1) is 0 Å². The van der Waals surface area contributed by atoms with Gasteiger partial charge in [-0.1, -0.05) is 13.8 Å². The predicted molar refractivity (Wildman–Crippen MR) is 48.5 cm³/mol. The maximum Gasteiger partial charge on any atom is 0.0110 e. The number of rotatable bonds is 3. The van der Waals surface area contributed by atoms with Crippen molar-refractivity contribution >= 4 is 0 Å². The largest absolute Gasteiger partial charge is 0.328 e. The topological polar surface area (TPSA) is 29.3 Å². The number of nitrogens with zero attached hydrogens (tertiary/aromatic N) is 1. The maximum atomic E-state index is 5.85. The Morgan fingerprint density at radius 3 is 2.27 bits per heavy atom. The minimum Gasteiger partial charge on any atom is -0.328 e. The van der Waals surface area contributed by atoms with Gasteiger partial charge in [-0.05, 0) is 32.4 Å². The molecule has 2 nitrogen and oxygen atoms in total. The first-order valence-electron chi connectivity index (χ1n) is 4.77. The Balaban J connectivity index is 2.34. The Kier molecular flexibility index (Phi) is 3.34. The molecule has 0 heterocycles. The summed E-state index contributed by atoms with van der Waals surface area (Å²) in [6, 6.07) is 1.25. The SMILES string of the molecule is CCN(CC)[C@@H]1CC[C@H](N)C1. The van der Waals surface area contributed by atoms with Gasteiger partial charge in [0.25, 0.3) is 0 Å². The van der Waals surface area contributed by atoms with E-state index in [9.17, 15) is 0 Å². The van der Waals surface area contributed by atoms with Gasteiger partial charge in [-0.3, -0.25) is 0 Å². The summed E-state index contributed by atoms with van der Waals surface area (Å²) in [4.78, 5) is 2.52. The lowest BCUT2D eigenvalue weighted by atomic mass is 10.2. The maximum absolute atomic E-state index is 5.85. The van der Waals surface area contributed by atoms with Crippen LogP contribution in [-0.2, 0) is 0 Å². The molecule has 2 N–H and O–H groups in total. The quantitative estimate of drug-likeness (QED) is 0.665. The first kappa shape index (κ1) is 9.01. The van der Waals surface area contributed by atoms with Crippen LogP contribution in [0.1, 0.15) is 33.1 Å². The van der Waals surface area contributed by atoms with Crippen LogP contribution >= 0.6 is 0 Å². The lowest BCUT2D eigenvalue weighted by molar-refractivity contribution is 0.219. The predicted octanol–water partition coefficient (Wildman–Crippen LogP) is 1.21. The van der Waals surface area contributed by atoms with Gasteiger partial charge in [0.1, 0.15) is 0 Å². The molecule has 0 bridgehead atoms. The Morgan fingerprint density at radius 2 is 1.91 bits per heavy atom. The second-order valence-corrected chi connectivity index (χ2v) is 3.45. The lowest BCUT2D eigenvalue weighted by Gasteiger charge is -2.25. The van der Waals surface area contributed by atoms with Crippen LogP contribution in [0.2, 0.25) is 0 Å². The molecule has 1 aliphatic rings. The van der Waals surface area contributed by atoms with Gasteiger partial charge in [0.2, 0.25) is 0 Å². The van der Waals surface area contributed by atoms with E-state index in [1.165, 1.54) is 32.4 Å². The van der Waals surface area contributed by atoms with Gasteiger partial charge in [-0.25, -0.2) is 0 Å². The monoisotopic (exact) mass is 156 g/mol. The normalized spacial score (nSPS) is 31.6. The molecule has 66 valence electrons. The molecule has 0 aromatic rings. The van der Waals surface area contributed by atoms with E-state index in [0.29, 0.717) is 6.04 Å². The highest BCUT2D eigenvalue weighted by atomic mass is 15.1. The molecule has 11 heavy (non-hydrogen) atoms. The molecular weight excluding hydrogens is 136 g/mol. The van der Waals surface area contributed by atoms with Crippen molar-refractivity contribution in [3.05, 3.63) is 0 Å². The molecule has 0 aliphatic heterocycles. The van der Waals surface area contributed by atoms with E-state index in [0.717, 1.165) is 6.04 Å². The van der Waals surface area contributed by atoms with Gasteiger partial charge in [-0.15, -0.1) is 0 Å². The zero-order valence-electron chi connectivity index (χ0n) is 7.71. The van der Waals surface area contributed by atoms with E-state index < -0.39 is 0 Å². The average Bonchev–Trinajstić information content (AvgIpc) is 2.39. The highest BCUT2D eigenvalue weighted by molar-refractivity contribution is 4.83. The zero-order valence-corrected chi connectivity index (χ0v) is 7.71. The zero-order chi connectivity index (χ0) is 8.27. The van der Waals surface area contributed by atoms with Crippen molar-refractivity contribution in [1.82, 2.24) is 4.90 Å². The van der Waals surface area contributed by atoms with E-state index in [4.69, 9.17) is 5.73 Å². The van der Waals surface area contributed by atoms with E-state index in [-0.39, 0.29) is 0 Å². The summed E-state index contributed by atoms with van der Waals surface area (Å²) in [6.45, 7) is 6.81. The Morgan fingerprint density at radius 1 is 1.27 bits per heavy atom. The fourth-order valence-corrected chi connectivity index (χ4v) is 2.06. The summed E-state index contributed by atoms with van der Waals surface area (Å²) in [7, 11) is 0. The molecule has 0 saturated heterocycles. The van der Waals surface area contributed by atoms with Gasteiger partial charge < -0.3 is 10.6 Å². The molecule has 0 unspecified atom stereocenters. The summed E-state index contributed by atoms with van der Waals surface area (Å²) in [5, 5.41) is 0. The van der Waals surface area contributed by atoms with Crippen LogP contribution in [0.25, 0.3) is 0 Å². The van der Waals surface area contributed by atoms with Crippen LogP contribution in [0.15, 0.2) is 0 Å². The molecule has 0 aromatic heterocycles. The van der Waals surface area contributed by atoms with Crippen molar-refractivity contribution in [2.24, 2.45) is 5.73 Å². The van der Waals surface area contributed by atoms with Crippen molar-refractivity contribution < 1.29 is 0 Å². The summed E-state index contributed by atoms with van der Waals surface area (Å²) in [6.07, 6.45) is 3.74. The number of nitrogens with two attached hydrogens (primary N) is 1. The third-order valence-electron chi connectivity index (χ3n) is 2.77. The van der Waals surface area contributed by atoms with E-state index in [1.54, 1.807) is 0 Å². The summed E-state index contributed by atoms with van der Waals surface area (Å²) >= 11 is 0. The Labute approximate surface area is 69.8 Å². The first-order chi connectivity index (χ1) is 5.27. The van der Waals surface area contributed by atoms with Crippen LogP contribution < -0.4 is 5.73 Å². The molecule has 1 aliphatic carbocycles. The smallest absolute Gasteiger partial charge is 0.0110 e. The highest BCUT2D eigenvalue weighted by Gasteiger charge is 2.24. The van der Waals surface area contributed by atoms with E-state index in [1.807, 2.05) is 0 Å². The van der Waals surface area contributed by atoms with Crippen molar-refractivity contribution in [2.45, 2.75) is 45.2 Å². The lowest BCUT2D eigenvalue weighted by Crippen LogP contribution is -2.34. The van der Waals surface area contributed by atoms with Crippen LogP contribution in [0.3, 0.4) is 0 Å². The van der Waals surface area contributed by atoms with E-state index >= 15 is 0 Å². The second kappa shape index (κ2) is 4.07. The van der Waals surface area contributed by atoms with Gasteiger partial charge in [-0.2, -0.15) is 0 Å². The minimum atomic E-state index is 0.473. The van der Waals surface area contributed by atoms with Crippen LogP contribution in [0.5, 0.6) is 0 Å². The van der Waals surface area contributed by atoms with E-state index in [2.05, 4.69) is 18.7 Å². The van der Waals surface area contributed by atoms with Gasteiger partial charge in [0, 0.05) is 12.1 Å². The Hall–Kier alpha value is -0.0800. The molecule has 0 radical (unpaired) electrons. The van der Waals surface area contributed by atoms with Crippen molar-refractivity contribution in [3.8, 4) is 0 Å². The second-order valence-electron chi connectivity index (χ2n) is 3.45. The average molecular weight is 156 g/mol. The molecule has 2 atom stereocenters.